The summed E-state index contributed by atoms with van der Waals surface area (Å²) in [5, 5.41) is 16.4. The van der Waals surface area contributed by atoms with Gasteiger partial charge in [-0.05, 0) is 12.7 Å². The van der Waals surface area contributed by atoms with Gasteiger partial charge in [-0.2, -0.15) is 0 Å². The first-order chi connectivity index (χ1) is 7.17. The van der Waals surface area contributed by atoms with Gasteiger partial charge < -0.3 is 5.11 Å². The second-order valence-corrected chi connectivity index (χ2v) is 6.25. The van der Waals surface area contributed by atoms with Crippen molar-refractivity contribution in [1.82, 2.24) is 10.2 Å². The summed E-state index contributed by atoms with van der Waals surface area (Å²) >= 11 is 4.26. The number of carboxylic acids is 1. The Morgan fingerprint density at radius 3 is 2.67 bits per heavy atom. The monoisotopic (exact) mass is 264 g/mol. The van der Waals surface area contributed by atoms with E-state index in [-0.39, 0.29) is 0 Å². The SMILES string of the molecule is CCCC(Sc1nnc(SC)s1)C(=O)O. The van der Waals surface area contributed by atoms with Crippen molar-refractivity contribution in [3.63, 3.8) is 0 Å². The van der Waals surface area contributed by atoms with Gasteiger partial charge in [-0.3, -0.25) is 4.79 Å². The molecule has 0 amide bonds. The molecule has 7 heteroatoms. The largest absolute Gasteiger partial charge is 0.480 e. The van der Waals surface area contributed by atoms with Crippen molar-refractivity contribution < 1.29 is 9.90 Å². The summed E-state index contributed by atoms with van der Waals surface area (Å²) in [4.78, 5) is 10.9. The van der Waals surface area contributed by atoms with Gasteiger partial charge in [0.2, 0.25) is 0 Å². The molecule has 0 aliphatic heterocycles. The van der Waals surface area contributed by atoms with Gasteiger partial charge in [0.05, 0.1) is 0 Å². The van der Waals surface area contributed by atoms with Crippen molar-refractivity contribution in [3.05, 3.63) is 0 Å². The third-order valence-corrected chi connectivity index (χ3v) is 4.87. The Morgan fingerprint density at radius 2 is 2.20 bits per heavy atom. The number of thioether (sulfide) groups is 2. The zero-order valence-electron chi connectivity index (χ0n) is 8.47. The van der Waals surface area contributed by atoms with Crippen molar-refractivity contribution in [3.8, 4) is 0 Å². The van der Waals surface area contributed by atoms with Gasteiger partial charge in [0, 0.05) is 0 Å². The number of hydrogen-bond donors (Lipinski definition) is 1. The van der Waals surface area contributed by atoms with Crippen molar-refractivity contribution in [2.24, 2.45) is 0 Å². The van der Waals surface area contributed by atoms with Crippen LogP contribution in [0.4, 0.5) is 0 Å². The van der Waals surface area contributed by atoms with E-state index < -0.39 is 11.2 Å². The van der Waals surface area contributed by atoms with Crippen molar-refractivity contribution in [1.29, 1.82) is 0 Å². The molecule has 4 nitrogen and oxygen atoms in total. The predicted octanol–water partition coefficient (Wildman–Crippen LogP) is 2.61. The average Bonchev–Trinajstić information content (AvgIpc) is 2.65. The maximum Gasteiger partial charge on any atom is 0.317 e. The van der Waals surface area contributed by atoms with Crippen molar-refractivity contribution in [2.75, 3.05) is 6.26 Å². The number of aromatic nitrogens is 2. The lowest BCUT2D eigenvalue weighted by atomic mass is 10.2. The lowest BCUT2D eigenvalue weighted by Crippen LogP contribution is -2.15. The lowest BCUT2D eigenvalue weighted by molar-refractivity contribution is -0.136. The minimum absolute atomic E-state index is 0.405. The highest BCUT2D eigenvalue weighted by molar-refractivity contribution is 8.03. The summed E-state index contributed by atoms with van der Waals surface area (Å²) in [7, 11) is 0. The summed E-state index contributed by atoms with van der Waals surface area (Å²) < 4.78 is 1.61. The van der Waals surface area contributed by atoms with Crippen LogP contribution >= 0.6 is 34.9 Å². The van der Waals surface area contributed by atoms with E-state index in [1.807, 2.05) is 13.2 Å². The second kappa shape index (κ2) is 6.34. The molecule has 0 saturated heterocycles. The molecule has 0 aromatic carbocycles. The first-order valence-electron chi connectivity index (χ1n) is 4.44. The van der Waals surface area contributed by atoms with E-state index in [1.165, 1.54) is 34.9 Å². The molecule has 1 unspecified atom stereocenters. The number of carbonyl (C=O) groups is 1. The van der Waals surface area contributed by atoms with E-state index in [0.29, 0.717) is 6.42 Å². The fraction of sp³-hybridized carbons (Fsp3) is 0.625. The van der Waals surface area contributed by atoms with E-state index in [1.54, 1.807) is 0 Å². The van der Waals surface area contributed by atoms with Crippen LogP contribution in [0.1, 0.15) is 19.8 Å². The molecule has 0 fully saturated rings. The molecule has 1 heterocycles. The molecule has 0 saturated carbocycles. The molecule has 84 valence electrons. The van der Waals surface area contributed by atoms with E-state index >= 15 is 0 Å². The summed E-state index contributed by atoms with van der Waals surface area (Å²) in [5.41, 5.74) is 0. The lowest BCUT2D eigenvalue weighted by Gasteiger charge is -2.06. The quantitative estimate of drug-likeness (QED) is 0.797. The molecular formula is C8H12N2O2S3. The summed E-state index contributed by atoms with van der Waals surface area (Å²) in [6, 6.07) is 0. The molecule has 0 bridgehead atoms. The van der Waals surface area contributed by atoms with Crippen LogP contribution in [0, 0.1) is 0 Å². The van der Waals surface area contributed by atoms with Crippen LogP contribution in [0.25, 0.3) is 0 Å². The minimum Gasteiger partial charge on any atom is -0.480 e. The second-order valence-electron chi connectivity index (χ2n) is 2.77. The predicted molar refractivity (Wildman–Crippen MR) is 63.9 cm³/mol. The fourth-order valence-corrected chi connectivity index (χ4v) is 3.67. The molecule has 0 spiro atoms. The Hall–Kier alpha value is -0.270. The zero-order chi connectivity index (χ0) is 11.3. The summed E-state index contributed by atoms with van der Waals surface area (Å²) in [6.07, 6.45) is 3.45. The fourth-order valence-electron chi connectivity index (χ4n) is 0.944. The Kier molecular flexibility index (Phi) is 5.41. The van der Waals surface area contributed by atoms with E-state index in [9.17, 15) is 4.79 Å². The van der Waals surface area contributed by atoms with Crippen LogP contribution in [0.2, 0.25) is 0 Å². The smallest absolute Gasteiger partial charge is 0.317 e. The topological polar surface area (TPSA) is 63.1 Å². The Morgan fingerprint density at radius 1 is 1.53 bits per heavy atom. The molecule has 1 rings (SSSR count). The molecule has 1 aromatic heterocycles. The molecule has 0 radical (unpaired) electrons. The van der Waals surface area contributed by atoms with E-state index in [2.05, 4.69) is 10.2 Å². The maximum atomic E-state index is 10.9. The normalized spacial score (nSPS) is 12.7. The minimum atomic E-state index is -0.775. The number of carboxylic acid groups (broad SMARTS) is 1. The Balaban J connectivity index is 2.61. The molecule has 1 atom stereocenters. The van der Waals surface area contributed by atoms with Crippen LogP contribution < -0.4 is 0 Å². The van der Waals surface area contributed by atoms with Gasteiger partial charge in [-0.25, -0.2) is 0 Å². The highest BCUT2D eigenvalue weighted by atomic mass is 32.2. The third kappa shape index (κ3) is 4.00. The number of nitrogens with zero attached hydrogens (tertiary/aromatic N) is 2. The highest BCUT2D eigenvalue weighted by Gasteiger charge is 2.19. The van der Waals surface area contributed by atoms with E-state index in [4.69, 9.17) is 5.11 Å². The Labute approximate surface area is 101 Å². The number of aliphatic carboxylic acids is 1. The van der Waals surface area contributed by atoms with Crippen molar-refractivity contribution in [2.45, 2.75) is 33.7 Å². The highest BCUT2D eigenvalue weighted by Crippen LogP contribution is 2.31. The number of rotatable bonds is 6. The molecule has 1 N–H and O–H groups in total. The summed E-state index contributed by atoms with van der Waals surface area (Å²) in [6.45, 7) is 1.98. The van der Waals surface area contributed by atoms with Crippen LogP contribution in [-0.2, 0) is 4.79 Å². The first kappa shape index (κ1) is 12.8. The maximum absolute atomic E-state index is 10.9. The van der Waals surface area contributed by atoms with Gasteiger partial charge in [-0.15, -0.1) is 10.2 Å². The third-order valence-electron chi connectivity index (χ3n) is 1.63. The molecule has 15 heavy (non-hydrogen) atoms. The molecule has 1 aromatic rings. The average molecular weight is 264 g/mol. The standard InChI is InChI=1S/C8H12N2O2S3/c1-3-4-5(6(11)12)14-8-10-9-7(13-2)15-8/h5H,3-4H2,1-2H3,(H,11,12). The van der Waals surface area contributed by atoms with Gasteiger partial charge in [0.15, 0.2) is 8.68 Å². The van der Waals surface area contributed by atoms with E-state index in [0.717, 1.165) is 15.1 Å². The van der Waals surface area contributed by atoms with Crippen LogP contribution in [-0.4, -0.2) is 32.8 Å². The van der Waals surface area contributed by atoms with Crippen LogP contribution in [0.5, 0.6) is 0 Å². The Bertz CT molecular complexity index is 329. The van der Waals surface area contributed by atoms with Gasteiger partial charge >= 0.3 is 5.97 Å². The van der Waals surface area contributed by atoms with Crippen LogP contribution in [0.3, 0.4) is 0 Å². The first-order valence-corrected chi connectivity index (χ1v) is 7.36. The van der Waals surface area contributed by atoms with Gasteiger partial charge in [0.1, 0.15) is 5.25 Å². The molecule has 0 aliphatic rings. The summed E-state index contributed by atoms with van der Waals surface area (Å²) in [5.74, 6) is -0.775. The number of hydrogen-bond acceptors (Lipinski definition) is 6. The molecule has 0 aliphatic carbocycles. The zero-order valence-corrected chi connectivity index (χ0v) is 10.9. The van der Waals surface area contributed by atoms with Crippen molar-refractivity contribution >= 4 is 40.8 Å². The van der Waals surface area contributed by atoms with Gasteiger partial charge in [-0.1, -0.05) is 48.2 Å². The van der Waals surface area contributed by atoms with Crippen LogP contribution in [0.15, 0.2) is 8.68 Å². The van der Waals surface area contributed by atoms with Gasteiger partial charge in [0.25, 0.3) is 0 Å². The molecular weight excluding hydrogens is 252 g/mol.